The highest BCUT2D eigenvalue weighted by molar-refractivity contribution is 8.30. The van der Waals surface area contributed by atoms with E-state index in [1.165, 1.54) is 43.9 Å². The molecule has 0 radical (unpaired) electrons. The molecule has 57 heavy (non-hydrogen) atoms. The number of aromatic nitrogens is 1. The number of ether oxygens (including phenoxy) is 1. The second-order valence-corrected chi connectivity index (χ2v) is 17.0. The van der Waals surface area contributed by atoms with Crippen molar-refractivity contribution in [1.82, 2.24) is 9.47 Å². The average molecular weight is 804 g/mol. The summed E-state index contributed by atoms with van der Waals surface area (Å²) in [7, 11) is 0. The molecular weight excluding hydrogens is 767 g/mol. The number of carbonyl (C=O) groups excluding carboxylic acids is 2. The van der Waals surface area contributed by atoms with Crippen LogP contribution >= 0.6 is 35.3 Å². The number of anilines is 2. The number of benzene rings is 5. The maximum absolute atomic E-state index is 13.9. The van der Waals surface area contributed by atoms with Crippen molar-refractivity contribution in [2.24, 2.45) is 0 Å². The van der Waals surface area contributed by atoms with Crippen LogP contribution in [0.4, 0.5) is 11.4 Å². The summed E-state index contributed by atoms with van der Waals surface area (Å²) in [5.41, 5.74) is 9.82. The molecule has 5 aromatic carbocycles. The SMILES string of the molecule is O=COCn1c(=O)/c(=C\c2ccc3c(c2)C2CCCC2N3c2ccc(C=C(c3ccccc3)c3ccccc3)cc2)s/c1=C1/SC(=S)N(Cc2ccccc2)C1=O. The van der Waals surface area contributed by atoms with Gasteiger partial charge in [-0.3, -0.25) is 23.9 Å². The molecule has 3 heterocycles. The molecule has 2 fully saturated rings. The Balaban J connectivity index is 1.05. The van der Waals surface area contributed by atoms with Crippen molar-refractivity contribution in [2.45, 2.75) is 44.5 Å². The Bertz CT molecular complexity index is 2670. The summed E-state index contributed by atoms with van der Waals surface area (Å²) in [4.78, 5) is 43.2. The van der Waals surface area contributed by atoms with Crippen molar-refractivity contribution in [3.8, 4) is 0 Å². The second kappa shape index (κ2) is 16.0. The first-order valence-electron chi connectivity index (χ1n) is 18.9. The molecule has 10 heteroatoms. The lowest BCUT2D eigenvalue weighted by atomic mass is 9.95. The van der Waals surface area contributed by atoms with Crippen molar-refractivity contribution in [3.63, 3.8) is 0 Å². The molecule has 6 aromatic rings. The molecule has 0 N–H and O–H groups in total. The Kier molecular flexibility index (Phi) is 10.3. The van der Waals surface area contributed by atoms with Gasteiger partial charge in [0.2, 0.25) is 0 Å². The third kappa shape index (κ3) is 7.20. The summed E-state index contributed by atoms with van der Waals surface area (Å²) >= 11 is 8.00. The molecule has 1 saturated carbocycles. The predicted octanol–water partition coefficient (Wildman–Crippen LogP) is 8.41. The number of thiocarbonyl (C=S) groups is 1. The van der Waals surface area contributed by atoms with Gasteiger partial charge in [0.05, 0.1) is 11.1 Å². The minimum atomic E-state index is -0.331. The number of thioether (sulfide) groups is 1. The van der Waals surface area contributed by atoms with E-state index in [-0.39, 0.29) is 18.2 Å². The monoisotopic (exact) mass is 803 g/mol. The number of amides is 1. The quantitative estimate of drug-likeness (QED) is 0.0783. The second-order valence-electron chi connectivity index (χ2n) is 14.3. The van der Waals surface area contributed by atoms with Gasteiger partial charge in [-0.15, -0.1) is 11.3 Å². The Labute approximate surface area is 343 Å². The highest BCUT2D eigenvalue weighted by Crippen LogP contribution is 2.52. The third-order valence-corrected chi connectivity index (χ3v) is 13.6. The summed E-state index contributed by atoms with van der Waals surface area (Å²) in [6.07, 6.45) is 7.50. The molecule has 1 aromatic heterocycles. The molecule has 1 amide bonds. The van der Waals surface area contributed by atoms with Crippen LogP contribution in [0.5, 0.6) is 0 Å². The topological polar surface area (TPSA) is 71.8 Å². The number of nitrogens with zero attached hydrogens (tertiary/aromatic N) is 3. The van der Waals surface area contributed by atoms with E-state index in [1.807, 2.05) is 48.5 Å². The first kappa shape index (κ1) is 36.8. The predicted molar refractivity (Wildman–Crippen MR) is 234 cm³/mol. The third-order valence-electron chi connectivity index (χ3n) is 10.9. The standard InChI is InChI=1S/C47H37N3O4S3/c51-30-54-29-49-44(52)42(56-46(49)43-45(53)48(47(55)57-43)28-32-11-4-1-5-12-32)27-33-21-24-41-39(26-33)37-17-10-18-40(37)50(41)36-22-19-31(20-23-36)25-38(34-13-6-2-7-14-34)35-15-8-3-9-16-35/h1-9,11-16,19-27,30,37,40H,10,17-18,28-29H2/b42-27+,46-43+. The largest absolute Gasteiger partial charge is 0.446 e. The molecule has 1 aliphatic carbocycles. The van der Waals surface area contributed by atoms with E-state index in [0.717, 1.165) is 53.4 Å². The van der Waals surface area contributed by atoms with Crippen LogP contribution in [0.15, 0.2) is 138 Å². The van der Waals surface area contributed by atoms with Crippen LogP contribution < -0.4 is 19.7 Å². The number of hydrogen-bond acceptors (Lipinski definition) is 8. The number of carbonyl (C=O) groups is 2. The van der Waals surface area contributed by atoms with E-state index in [1.54, 1.807) is 4.90 Å². The van der Waals surface area contributed by atoms with Gasteiger partial charge in [0.25, 0.3) is 17.9 Å². The Morgan fingerprint density at radius 1 is 0.807 bits per heavy atom. The van der Waals surface area contributed by atoms with Crippen LogP contribution in [-0.4, -0.2) is 32.2 Å². The van der Waals surface area contributed by atoms with Gasteiger partial charge in [0, 0.05) is 23.3 Å². The number of thiazole rings is 1. The van der Waals surface area contributed by atoms with Gasteiger partial charge in [-0.1, -0.05) is 140 Å². The molecule has 3 aliphatic rings. The molecule has 2 aliphatic heterocycles. The lowest BCUT2D eigenvalue weighted by Gasteiger charge is -2.27. The van der Waals surface area contributed by atoms with Gasteiger partial charge in [0.15, 0.2) is 6.73 Å². The van der Waals surface area contributed by atoms with Gasteiger partial charge in [-0.2, -0.15) is 0 Å². The van der Waals surface area contributed by atoms with E-state index in [0.29, 0.717) is 43.4 Å². The van der Waals surface area contributed by atoms with E-state index >= 15 is 0 Å². The summed E-state index contributed by atoms with van der Waals surface area (Å²) in [5.74, 6) is 0.107. The molecule has 282 valence electrons. The Morgan fingerprint density at radius 3 is 2.16 bits per heavy atom. The molecule has 1 saturated heterocycles. The van der Waals surface area contributed by atoms with Crippen LogP contribution in [0, 0.1) is 0 Å². The lowest BCUT2D eigenvalue weighted by Crippen LogP contribution is -2.34. The van der Waals surface area contributed by atoms with Gasteiger partial charge >= 0.3 is 0 Å². The zero-order chi connectivity index (χ0) is 38.9. The summed E-state index contributed by atoms with van der Waals surface area (Å²) in [6, 6.07) is 46.3. The zero-order valence-electron chi connectivity index (χ0n) is 30.8. The van der Waals surface area contributed by atoms with Crippen LogP contribution in [0.1, 0.15) is 58.6 Å². The first-order chi connectivity index (χ1) is 28.0. The summed E-state index contributed by atoms with van der Waals surface area (Å²) in [5, 5.41) is 0. The first-order valence-corrected chi connectivity index (χ1v) is 21.0. The minimum Gasteiger partial charge on any atom is -0.446 e. The van der Waals surface area contributed by atoms with E-state index in [9.17, 15) is 14.4 Å². The zero-order valence-corrected chi connectivity index (χ0v) is 33.3. The van der Waals surface area contributed by atoms with Crippen LogP contribution in [0.2, 0.25) is 0 Å². The molecule has 9 rings (SSSR count). The normalized spacial score (nSPS) is 18.5. The van der Waals surface area contributed by atoms with E-state index in [4.69, 9.17) is 17.0 Å². The van der Waals surface area contributed by atoms with E-state index < -0.39 is 0 Å². The average Bonchev–Trinajstić information content (AvgIpc) is 4.00. The van der Waals surface area contributed by atoms with E-state index in [2.05, 4.69) is 102 Å². The number of hydrogen-bond donors (Lipinski definition) is 0. The lowest BCUT2D eigenvalue weighted by molar-refractivity contribution is -0.132. The van der Waals surface area contributed by atoms with Crippen molar-refractivity contribution in [1.29, 1.82) is 0 Å². The fraction of sp³-hybridized carbons (Fsp3) is 0.149. The highest BCUT2D eigenvalue weighted by Gasteiger charge is 2.42. The Morgan fingerprint density at radius 2 is 1.47 bits per heavy atom. The number of rotatable bonds is 10. The van der Waals surface area contributed by atoms with Crippen LogP contribution in [-0.2, 0) is 27.6 Å². The van der Waals surface area contributed by atoms with Crippen LogP contribution in [0.25, 0.3) is 22.6 Å². The van der Waals surface area contributed by atoms with Gasteiger partial charge in [-0.25, -0.2) is 0 Å². The maximum atomic E-state index is 13.9. The van der Waals surface area contributed by atoms with Crippen molar-refractivity contribution in [3.05, 3.63) is 186 Å². The Hall–Kier alpha value is -5.81. The summed E-state index contributed by atoms with van der Waals surface area (Å²) in [6.45, 7) is 0.328. The van der Waals surface area contributed by atoms with Gasteiger partial charge in [0.1, 0.15) is 13.9 Å². The molecule has 0 bridgehead atoms. The molecular formula is C47H37N3O4S3. The van der Waals surface area contributed by atoms with Crippen molar-refractivity contribution < 1.29 is 14.3 Å². The highest BCUT2D eigenvalue weighted by atomic mass is 32.2. The maximum Gasteiger partial charge on any atom is 0.294 e. The molecule has 7 nitrogen and oxygen atoms in total. The molecule has 2 atom stereocenters. The minimum absolute atomic E-state index is 0.275. The number of fused-ring (bicyclic) bond motifs is 3. The summed E-state index contributed by atoms with van der Waals surface area (Å²) < 4.78 is 7.69. The molecule has 0 spiro atoms. The smallest absolute Gasteiger partial charge is 0.294 e. The fourth-order valence-electron chi connectivity index (χ4n) is 8.26. The van der Waals surface area contributed by atoms with Crippen molar-refractivity contribution in [2.75, 3.05) is 4.90 Å². The van der Waals surface area contributed by atoms with Crippen LogP contribution in [0.3, 0.4) is 0 Å². The van der Waals surface area contributed by atoms with Gasteiger partial charge < -0.3 is 9.64 Å². The van der Waals surface area contributed by atoms with Gasteiger partial charge in [-0.05, 0) is 88.2 Å². The molecule has 2 unspecified atom stereocenters. The fourth-order valence-corrected chi connectivity index (χ4v) is 10.8. The van der Waals surface area contributed by atoms with Crippen molar-refractivity contribution >= 4 is 86.0 Å².